The fourth-order valence-electron chi connectivity index (χ4n) is 2.17. The summed E-state index contributed by atoms with van der Waals surface area (Å²) in [6, 6.07) is 8.73. The zero-order chi connectivity index (χ0) is 17.7. The van der Waals surface area contributed by atoms with E-state index in [2.05, 4.69) is 27.9 Å². The van der Waals surface area contributed by atoms with Gasteiger partial charge in [0.25, 0.3) is 5.91 Å². The van der Waals surface area contributed by atoms with Crippen molar-refractivity contribution in [1.82, 2.24) is 5.32 Å². The van der Waals surface area contributed by atoms with Gasteiger partial charge in [-0.05, 0) is 52.9 Å². The Hall–Kier alpha value is -1.67. The Morgan fingerprint density at radius 2 is 1.79 bits per heavy atom. The van der Waals surface area contributed by atoms with E-state index in [-0.39, 0.29) is 12.5 Å². The molecule has 0 aliphatic rings. The zero-order valence-electron chi connectivity index (χ0n) is 13.5. The zero-order valence-corrected chi connectivity index (χ0v) is 16.4. The number of methoxy groups -OCH3 is 3. The van der Waals surface area contributed by atoms with E-state index in [1.165, 1.54) is 7.11 Å². The molecule has 0 aromatic heterocycles. The molecule has 0 fully saturated rings. The Labute approximate surface area is 159 Å². The Kier molecular flexibility index (Phi) is 6.56. The normalized spacial score (nSPS) is 10.2. The molecule has 0 saturated carbocycles. The predicted octanol–water partition coefficient (Wildman–Crippen LogP) is 3.90. The van der Waals surface area contributed by atoms with Crippen LogP contribution in [-0.4, -0.2) is 27.2 Å². The molecule has 0 aliphatic heterocycles. The van der Waals surface area contributed by atoms with E-state index < -0.39 is 0 Å². The third-order valence-electron chi connectivity index (χ3n) is 3.41. The third-order valence-corrected chi connectivity index (χ3v) is 4.94. The van der Waals surface area contributed by atoms with Crippen LogP contribution in [0.1, 0.15) is 15.9 Å². The third kappa shape index (κ3) is 4.24. The summed E-state index contributed by atoms with van der Waals surface area (Å²) in [6.45, 7) is 0.284. The van der Waals surface area contributed by atoms with Gasteiger partial charge in [0, 0.05) is 15.7 Å². The summed E-state index contributed by atoms with van der Waals surface area (Å²) < 4.78 is 16.6. The first-order valence-corrected chi connectivity index (χ1v) is 8.48. The van der Waals surface area contributed by atoms with Gasteiger partial charge in [-0.1, -0.05) is 11.6 Å². The van der Waals surface area contributed by atoms with Gasteiger partial charge >= 0.3 is 0 Å². The Balaban J connectivity index is 2.21. The molecule has 2 aromatic rings. The number of carbonyl (C=O) groups is 1. The predicted molar refractivity (Wildman–Crippen MR) is 101 cm³/mol. The van der Waals surface area contributed by atoms with E-state index in [1.54, 1.807) is 38.5 Å². The fraction of sp³-hybridized carbons (Fsp3) is 0.235. The van der Waals surface area contributed by atoms with E-state index in [9.17, 15) is 4.79 Å². The summed E-state index contributed by atoms with van der Waals surface area (Å²) in [7, 11) is 4.68. The van der Waals surface area contributed by atoms with Crippen molar-refractivity contribution in [2.75, 3.05) is 21.3 Å². The fourth-order valence-corrected chi connectivity index (χ4v) is 2.77. The van der Waals surface area contributed by atoms with Crippen LogP contribution in [0.25, 0.3) is 0 Å². The van der Waals surface area contributed by atoms with Gasteiger partial charge in [0.15, 0.2) is 0 Å². The van der Waals surface area contributed by atoms with Crippen molar-refractivity contribution in [2.45, 2.75) is 6.54 Å². The van der Waals surface area contributed by atoms with Gasteiger partial charge in [-0.25, -0.2) is 0 Å². The molecule has 2 rings (SSSR count). The molecular weight excluding hydrogens is 445 g/mol. The van der Waals surface area contributed by atoms with E-state index in [1.807, 2.05) is 6.07 Å². The number of hydrogen-bond donors (Lipinski definition) is 1. The molecule has 0 unspecified atom stereocenters. The molecule has 24 heavy (non-hydrogen) atoms. The van der Waals surface area contributed by atoms with E-state index in [0.29, 0.717) is 27.8 Å². The maximum Gasteiger partial charge on any atom is 0.255 e. The molecule has 128 valence electrons. The molecular formula is C17H17ClINO4. The van der Waals surface area contributed by atoms with Gasteiger partial charge in [-0.2, -0.15) is 0 Å². The lowest BCUT2D eigenvalue weighted by Gasteiger charge is -2.13. The molecule has 1 amide bonds. The van der Waals surface area contributed by atoms with Crippen molar-refractivity contribution in [3.8, 4) is 17.2 Å². The van der Waals surface area contributed by atoms with Crippen molar-refractivity contribution in [1.29, 1.82) is 0 Å². The minimum atomic E-state index is -0.282. The Bertz CT molecular complexity index is 752. The van der Waals surface area contributed by atoms with Crippen LogP contribution in [0.15, 0.2) is 30.3 Å². The van der Waals surface area contributed by atoms with Crippen molar-refractivity contribution >= 4 is 40.1 Å². The minimum Gasteiger partial charge on any atom is -0.497 e. The van der Waals surface area contributed by atoms with Crippen LogP contribution in [0, 0.1) is 3.57 Å². The second-order valence-corrected chi connectivity index (χ2v) is 6.40. The van der Waals surface area contributed by atoms with Crippen LogP contribution < -0.4 is 19.5 Å². The first kappa shape index (κ1) is 18.7. The smallest absolute Gasteiger partial charge is 0.255 e. The highest BCUT2D eigenvalue weighted by molar-refractivity contribution is 14.1. The lowest BCUT2D eigenvalue weighted by Crippen LogP contribution is -2.23. The molecule has 0 saturated heterocycles. The minimum absolute atomic E-state index is 0.282. The molecule has 0 aliphatic carbocycles. The molecule has 0 radical (unpaired) electrons. The number of benzene rings is 2. The number of ether oxygens (including phenoxy) is 3. The topological polar surface area (TPSA) is 56.8 Å². The average Bonchev–Trinajstić information content (AvgIpc) is 2.61. The first-order chi connectivity index (χ1) is 11.5. The van der Waals surface area contributed by atoms with Crippen LogP contribution in [0.5, 0.6) is 17.2 Å². The lowest BCUT2D eigenvalue weighted by molar-refractivity contribution is 0.0947. The van der Waals surface area contributed by atoms with E-state index >= 15 is 0 Å². The molecule has 1 N–H and O–H groups in total. The van der Waals surface area contributed by atoms with Crippen molar-refractivity contribution in [2.24, 2.45) is 0 Å². The SMILES string of the molecule is COc1ccc(OC)c(CNC(=O)c2cc(Cl)c(I)cc2OC)c1. The van der Waals surface area contributed by atoms with Crippen molar-refractivity contribution < 1.29 is 19.0 Å². The Morgan fingerprint density at radius 3 is 2.42 bits per heavy atom. The number of carbonyl (C=O) groups excluding carboxylic acids is 1. The van der Waals surface area contributed by atoms with Gasteiger partial charge in [-0.3, -0.25) is 4.79 Å². The molecule has 5 nitrogen and oxygen atoms in total. The lowest BCUT2D eigenvalue weighted by atomic mass is 10.1. The molecule has 0 atom stereocenters. The second-order valence-electron chi connectivity index (χ2n) is 4.83. The molecule has 0 heterocycles. The number of nitrogens with one attached hydrogen (secondary N) is 1. The summed E-state index contributed by atoms with van der Waals surface area (Å²) in [6.07, 6.45) is 0. The van der Waals surface area contributed by atoms with Gasteiger partial charge < -0.3 is 19.5 Å². The number of hydrogen-bond acceptors (Lipinski definition) is 4. The van der Waals surface area contributed by atoms with E-state index in [0.717, 1.165) is 9.13 Å². The van der Waals surface area contributed by atoms with Crippen molar-refractivity contribution in [3.05, 3.63) is 50.1 Å². The first-order valence-electron chi connectivity index (χ1n) is 7.02. The maximum absolute atomic E-state index is 12.5. The van der Waals surface area contributed by atoms with Gasteiger partial charge in [0.2, 0.25) is 0 Å². The highest BCUT2D eigenvalue weighted by Gasteiger charge is 2.16. The van der Waals surface area contributed by atoms with Crippen molar-refractivity contribution in [3.63, 3.8) is 0 Å². The number of rotatable bonds is 6. The van der Waals surface area contributed by atoms with Crippen LogP contribution in [0.2, 0.25) is 5.02 Å². The summed E-state index contributed by atoms with van der Waals surface area (Å²) in [5.41, 5.74) is 1.19. The Morgan fingerprint density at radius 1 is 1.08 bits per heavy atom. The molecule has 2 aromatic carbocycles. The van der Waals surface area contributed by atoms with Gasteiger partial charge in [-0.15, -0.1) is 0 Å². The monoisotopic (exact) mass is 461 g/mol. The van der Waals surface area contributed by atoms with Crippen LogP contribution >= 0.6 is 34.2 Å². The summed E-state index contributed by atoms with van der Waals surface area (Å²) in [5.74, 6) is 1.55. The second kappa shape index (κ2) is 8.43. The number of halogens is 2. The summed E-state index contributed by atoms with van der Waals surface area (Å²) >= 11 is 8.20. The largest absolute Gasteiger partial charge is 0.497 e. The highest BCUT2D eigenvalue weighted by atomic mass is 127. The summed E-state index contributed by atoms with van der Waals surface area (Å²) in [5, 5.41) is 3.35. The molecule has 0 bridgehead atoms. The highest BCUT2D eigenvalue weighted by Crippen LogP contribution is 2.28. The van der Waals surface area contributed by atoms with Crippen LogP contribution in [0.4, 0.5) is 0 Å². The standard InChI is InChI=1S/C17H17ClINO4/c1-22-11-4-5-15(23-2)10(6-11)9-20-17(21)12-7-13(18)14(19)8-16(12)24-3/h4-8H,9H2,1-3H3,(H,20,21). The van der Waals surface area contributed by atoms with Crippen LogP contribution in [-0.2, 0) is 6.54 Å². The average molecular weight is 462 g/mol. The van der Waals surface area contributed by atoms with E-state index in [4.69, 9.17) is 25.8 Å². The maximum atomic E-state index is 12.5. The quantitative estimate of drug-likeness (QED) is 0.663. The van der Waals surface area contributed by atoms with Gasteiger partial charge in [0.1, 0.15) is 17.2 Å². The molecule has 7 heteroatoms. The van der Waals surface area contributed by atoms with Crippen LogP contribution in [0.3, 0.4) is 0 Å². The van der Waals surface area contributed by atoms with Gasteiger partial charge in [0.05, 0.1) is 31.9 Å². The summed E-state index contributed by atoms with van der Waals surface area (Å²) in [4.78, 5) is 12.5. The number of amides is 1. The molecule has 0 spiro atoms.